The zero-order valence-electron chi connectivity index (χ0n) is 19.5. The molecule has 0 spiro atoms. The van der Waals surface area contributed by atoms with Gasteiger partial charge in [0.1, 0.15) is 0 Å². The molecule has 160 valence electrons. The lowest BCUT2D eigenvalue weighted by Gasteiger charge is -2.16. The van der Waals surface area contributed by atoms with Crippen LogP contribution in [0.2, 0.25) is 0 Å². The molecule has 0 bridgehead atoms. The average molecular weight is 452 g/mol. The van der Waals surface area contributed by atoms with Gasteiger partial charge in [0.25, 0.3) is 12.0 Å². The van der Waals surface area contributed by atoms with E-state index in [0.717, 1.165) is 0 Å². The Morgan fingerprint density at radius 2 is 0.594 bits per heavy atom. The summed E-state index contributed by atoms with van der Waals surface area (Å²) in [5.74, 6) is -0.623. The van der Waals surface area contributed by atoms with Crippen LogP contribution in [0.4, 0.5) is 0 Å². The van der Waals surface area contributed by atoms with E-state index in [1.54, 1.807) is 21.9 Å². The third-order valence-corrected chi connectivity index (χ3v) is 10.7. The van der Waals surface area contributed by atoms with E-state index >= 15 is 0 Å². The molecule has 4 aromatic carbocycles. The fraction of sp³-hybridized carbons (Fsp3) is 0.143. The topological polar surface area (TPSA) is 0 Å². The first kappa shape index (κ1) is 21.6. The Hall–Kier alpha value is -2.29. The maximum Gasteiger partial charge on any atom is 0.264 e. The molecule has 32 heavy (non-hydrogen) atoms. The molecule has 2 aliphatic heterocycles. The van der Waals surface area contributed by atoms with Gasteiger partial charge in [-0.05, 0) is 0 Å². The smallest absolute Gasteiger partial charge is 0.223 e. The van der Waals surface area contributed by atoms with E-state index in [1.165, 1.54) is 22.3 Å². The molecule has 0 nitrogen and oxygen atoms in total. The second-order valence-corrected chi connectivity index (χ2v) is 14.6. The molecule has 2 aliphatic rings. The van der Waals surface area contributed by atoms with Crippen molar-refractivity contribution in [1.29, 1.82) is 0 Å². The van der Waals surface area contributed by atoms with E-state index in [4.69, 9.17) is 0 Å². The molecule has 2 heterocycles. The van der Waals surface area contributed by atoms with Crippen molar-refractivity contribution in [1.82, 2.24) is 0 Å². The van der Waals surface area contributed by atoms with Gasteiger partial charge in [0, 0.05) is 0 Å². The molecule has 0 unspecified atom stereocenters. The standard InChI is InChI=1S/2C14H15BS/c2*1-16(2)15-13-9-5-3-7-11(13)12-8-4-6-10-14(12)15/h2*3-10,15H,1-2H3. The van der Waals surface area contributed by atoms with Gasteiger partial charge < -0.3 is 0 Å². The SMILES string of the molecule is C[S+](C)[BH-]1c2ccccc2-c2ccccc21.C[S+](C)[BH-]1c2ccccc2-c2ccccc21. The zero-order chi connectivity index (χ0) is 22.2. The fourth-order valence-corrected chi connectivity index (χ4v) is 9.40. The van der Waals surface area contributed by atoms with Crippen LogP contribution in [-0.4, -0.2) is 37.0 Å². The van der Waals surface area contributed by atoms with Crippen LogP contribution >= 0.6 is 0 Å². The van der Waals surface area contributed by atoms with Gasteiger partial charge in [-0.3, -0.25) is 0 Å². The van der Waals surface area contributed by atoms with Crippen LogP contribution in [0.15, 0.2) is 97.1 Å². The predicted octanol–water partition coefficient (Wildman–Crippen LogP) is 2.77. The normalized spacial score (nSPS) is 13.9. The number of hydrogen-bond donors (Lipinski definition) is 0. The van der Waals surface area contributed by atoms with Gasteiger partial charge in [-0.15, -0.1) is 21.9 Å². The zero-order valence-corrected chi connectivity index (χ0v) is 21.1. The summed E-state index contributed by atoms with van der Waals surface area (Å²) in [5.41, 5.74) is 12.3. The molecule has 0 fully saturated rings. The molecule has 0 saturated carbocycles. The highest BCUT2D eigenvalue weighted by molar-refractivity contribution is 8.24. The Labute approximate surface area is 199 Å². The van der Waals surface area contributed by atoms with Crippen LogP contribution < -0.4 is 21.9 Å². The largest absolute Gasteiger partial charge is 0.264 e. The van der Waals surface area contributed by atoms with Crippen molar-refractivity contribution < 1.29 is 0 Å². The number of benzene rings is 4. The minimum atomic E-state index is -0.311. The Morgan fingerprint density at radius 3 is 0.812 bits per heavy atom. The number of hydrogen-bond acceptors (Lipinski definition) is 0. The van der Waals surface area contributed by atoms with Crippen molar-refractivity contribution in [2.75, 3.05) is 25.0 Å². The number of fused-ring (bicyclic) bond motifs is 6. The second-order valence-electron chi connectivity index (χ2n) is 9.53. The monoisotopic (exact) mass is 452 g/mol. The lowest BCUT2D eigenvalue weighted by atomic mass is 9.65. The molecule has 0 aliphatic carbocycles. The summed E-state index contributed by atoms with van der Waals surface area (Å²) in [7, 11) is 0.939. The van der Waals surface area contributed by atoms with Crippen LogP contribution in [0, 0.1) is 0 Å². The summed E-state index contributed by atoms with van der Waals surface area (Å²) in [4.78, 5) is 0. The minimum absolute atomic E-state index is 0.311. The first-order chi connectivity index (χ1) is 15.6. The highest BCUT2D eigenvalue weighted by Crippen LogP contribution is 2.25. The van der Waals surface area contributed by atoms with Gasteiger partial charge in [-0.1, -0.05) is 119 Å². The summed E-state index contributed by atoms with van der Waals surface area (Å²) in [6, 6.07) is 35.7. The minimum Gasteiger partial charge on any atom is -0.223 e. The summed E-state index contributed by atoms with van der Waals surface area (Å²) in [6.45, 7) is 0. The molecule has 4 aromatic rings. The molecule has 0 amide bonds. The van der Waals surface area contributed by atoms with Gasteiger partial charge in [0.2, 0.25) is 0 Å². The third kappa shape index (κ3) is 3.64. The lowest BCUT2D eigenvalue weighted by Crippen LogP contribution is -2.44. The first-order valence-electron chi connectivity index (χ1n) is 11.4. The van der Waals surface area contributed by atoms with Crippen molar-refractivity contribution in [2.24, 2.45) is 0 Å². The van der Waals surface area contributed by atoms with Crippen LogP contribution in [0.1, 0.15) is 0 Å². The van der Waals surface area contributed by atoms with E-state index in [-0.39, 0.29) is 12.0 Å². The molecule has 0 N–H and O–H groups in total. The van der Waals surface area contributed by atoms with E-state index in [0.29, 0.717) is 21.5 Å². The van der Waals surface area contributed by atoms with Gasteiger partial charge in [-0.2, -0.15) is 0 Å². The Bertz CT molecular complexity index is 1080. The molecule has 0 aromatic heterocycles. The first-order valence-corrected chi connectivity index (χ1v) is 15.9. The summed E-state index contributed by atoms with van der Waals surface area (Å²) < 4.78 is 0. The summed E-state index contributed by atoms with van der Waals surface area (Å²) in [6.07, 6.45) is 9.50. The molecule has 6 rings (SSSR count). The maximum absolute atomic E-state index is 2.37. The van der Waals surface area contributed by atoms with Crippen molar-refractivity contribution in [3.63, 3.8) is 0 Å². The highest BCUT2D eigenvalue weighted by atomic mass is 32.2. The molecular formula is C28H30B2S2. The van der Waals surface area contributed by atoms with Crippen LogP contribution in [0.5, 0.6) is 0 Å². The van der Waals surface area contributed by atoms with Gasteiger partial charge in [0.05, 0.1) is 25.0 Å². The Balaban J connectivity index is 0.000000135. The Morgan fingerprint density at radius 1 is 0.375 bits per heavy atom. The van der Waals surface area contributed by atoms with Gasteiger partial charge >= 0.3 is 0 Å². The molecule has 0 atom stereocenters. The summed E-state index contributed by atoms with van der Waals surface area (Å²) >= 11 is 0. The van der Waals surface area contributed by atoms with E-state index in [1.807, 2.05) is 0 Å². The highest BCUT2D eigenvalue weighted by Gasteiger charge is 2.31. The van der Waals surface area contributed by atoms with Gasteiger partial charge in [-0.25, -0.2) is 21.5 Å². The second kappa shape index (κ2) is 8.92. The van der Waals surface area contributed by atoms with Crippen molar-refractivity contribution >= 4 is 55.3 Å². The average Bonchev–Trinajstić information content (AvgIpc) is 3.33. The van der Waals surface area contributed by atoms with Gasteiger partial charge in [0.15, 0.2) is 0 Å². The third-order valence-electron chi connectivity index (χ3n) is 7.19. The van der Waals surface area contributed by atoms with Crippen molar-refractivity contribution in [3.05, 3.63) is 97.1 Å². The number of rotatable bonds is 2. The van der Waals surface area contributed by atoms with Crippen molar-refractivity contribution in [3.8, 4) is 22.3 Å². The summed E-state index contributed by atoms with van der Waals surface area (Å²) in [5, 5.41) is 0. The van der Waals surface area contributed by atoms with Crippen molar-refractivity contribution in [2.45, 2.75) is 0 Å². The molecule has 0 radical (unpaired) electrons. The van der Waals surface area contributed by atoms with Crippen LogP contribution in [-0.2, 0) is 21.5 Å². The quantitative estimate of drug-likeness (QED) is 0.324. The van der Waals surface area contributed by atoms with Crippen LogP contribution in [0.3, 0.4) is 0 Å². The Kier molecular flexibility index (Phi) is 6.01. The van der Waals surface area contributed by atoms with E-state index in [2.05, 4.69) is 122 Å². The predicted molar refractivity (Wildman–Crippen MR) is 155 cm³/mol. The van der Waals surface area contributed by atoms with E-state index in [9.17, 15) is 0 Å². The van der Waals surface area contributed by atoms with E-state index < -0.39 is 0 Å². The molecule has 0 saturated heterocycles. The fourth-order valence-electron chi connectivity index (χ4n) is 5.91. The molecular weight excluding hydrogens is 422 g/mol. The lowest BCUT2D eigenvalue weighted by molar-refractivity contribution is 1.71. The maximum atomic E-state index is 2.37. The van der Waals surface area contributed by atoms with Crippen LogP contribution in [0.25, 0.3) is 22.3 Å². The molecule has 4 heteroatoms.